The Hall–Kier alpha value is -1.04. The monoisotopic (exact) mass is 316 g/mol. The summed E-state index contributed by atoms with van der Waals surface area (Å²) >= 11 is 3.24. The number of likely N-dealkylation sites (N-methyl/N-ethyl adjacent to an activating group) is 1. The van der Waals surface area contributed by atoms with Crippen LogP contribution < -0.4 is 4.90 Å². The molecule has 18 heavy (non-hydrogen) atoms. The van der Waals surface area contributed by atoms with Crippen molar-refractivity contribution in [2.45, 2.75) is 30.6 Å². The minimum atomic E-state index is -2.78. The molecule has 2 aliphatic rings. The predicted octanol–water partition coefficient (Wildman–Crippen LogP) is 2.88. The number of carbonyl (C=O) groups excluding carboxylic acids is 1. The second-order valence-corrected chi connectivity index (χ2v) is 5.79. The Labute approximate surface area is 111 Å². The van der Waals surface area contributed by atoms with E-state index >= 15 is 0 Å². The van der Waals surface area contributed by atoms with E-state index in [1.165, 1.54) is 4.90 Å². The van der Waals surface area contributed by atoms with Gasteiger partial charge in [0.05, 0.1) is 16.8 Å². The normalized spacial score (nSPS) is 29.1. The van der Waals surface area contributed by atoms with Crippen LogP contribution in [0.25, 0.3) is 0 Å². The molecule has 1 spiro atoms. The Morgan fingerprint density at radius 2 is 2.11 bits per heavy atom. The van der Waals surface area contributed by atoms with Crippen molar-refractivity contribution < 1.29 is 13.6 Å². The van der Waals surface area contributed by atoms with Crippen LogP contribution in [0.15, 0.2) is 16.7 Å². The molecule has 1 aliphatic heterocycles. The lowest BCUT2D eigenvalue weighted by atomic mass is 9.83. The van der Waals surface area contributed by atoms with Crippen molar-refractivity contribution in [2.75, 3.05) is 11.9 Å². The van der Waals surface area contributed by atoms with E-state index < -0.39 is 17.8 Å². The minimum Gasteiger partial charge on any atom is -0.313 e. The Kier molecular flexibility index (Phi) is 2.33. The molecule has 0 saturated heterocycles. The zero-order chi connectivity index (χ0) is 13.1. The van der Waals surface area contributed by atoms with Gasteiger partial charge in [-0.25, -0.2) is 13.8 Å². The molecule has 1 aromatic rings. The van der Waals surface area contributed by atoms with Crippen molar-refractivity contribution in [1.82, 2.24) is 4.98 Å². The van der Waals surface area contributed by atoms with Gasteiger partial charge in [0.2, 0.25) is 11.8 Å². The smallest absolute Gasteiger partial charge is 0.249 e. The molecule has 0 N–H and O–H groups in total. The Morgan fingerprint density at radius 3 is 2.72 bits per heavy atom. The van der Waals surface area contributed by atoms with Crippen LogP contribution >= 0.6 is 15.9 Å². The van der Waals surface area contributed by atoms with Crippen LogP contribution in [0.1, 0.15) is 25.0 Å². The fourth-order valence-corrected chi connectivity index (χ4v) is 3.29. The molecule has 2 heterocycles. The molecule has 1 aliphatic carbocycles. The first-order valence-electron chi connectivity index (χ1n) is 5.69. The van der Waals surface area contributed by atoms with Gasteiger partial charge in [0.25, 0.3) is 0 Å². The highest BCUT2D eigenvalue weighted by Crippen LogP contribution is 2.54. The summed E-state index contributed by atoms with van der Waals surface area (Å²) < 4.78 is 27.6. The molecular weight excluding hydrogens is 306 g/mol. The lowest BCUT2D eigenvalue weighted by Crippen LogP contribution is -2.37. The van der Waals surface area contributed by atoms with E-state index in [0.717, 1.165) is 0 Å². The topological polar surface area (TPSA) is 33.2 Å². The maximum atomic E-state index is 13.5. The number of hydrogen-bond acceptors (Lipinski definition) is 2. The molecule has 1 amide bonds. The van der Waals surface area contributed by atoms with Gasteiger partial charge < -0.3 is 4.90 Å². The van der Waals surface area contributed by atoms with Gasteiger partial charge in [-0.15, -0.1) is 0 Å². The fourth-order valence-electron chi connectivity index (χ4n) is 2.98. The number of alkyl halides is 2. The summed E-state index contributed by atoms with van der Waals surface area (Å²) in [7, 11) is 1.61. The van der Waals surface area contributed by atoms with Crippen LogP contribution in [0.5, 0.6) is 0 Å². The summed E-state index contributed by atoms with van der Waals surface area (Å²) in [4.78, 5) is 18.0. The molecule has 1 unspecified atom stereocenters. The molecule has 1 saturated carbocycles. The van der Waals surface area contributed by atoms with Crippen LogP contribution in [0.4, 0.5) is 14.5 Å². The van der Waals surface area contributed by atoms with Crippen LogP contribution in [0.2, 0.25) is 0 Å². The van der Waals surface area contributed by atoms with E-state index in [4.69, 9.17) is 0 Å². The van der Waals surface area contributed by atoms with E-state index in [2.05, 4.69) is 20.9 Å². The first-order chi connectivity index (χ1) is 8.36. The highest BCUT2D eigenvalue weighted by Gasteiger charge is 2.60. The number of hydrogen-bond donors (Lipinski definition) is 0. The van der Waals surface area contributed by atoms with Gasteiger partial charge in [0, 0.05) is 19.9 Å². The van der Waals surface area contributed by atoms with Gasteiger partial charge in [0.15, 0.2) is 0 Å². The molecule has 0 radical (unpaired) electrons. The van der Waals surface area contributed by atoms with Crippen molar-refractivity contribution in [2.24, 2.45) is 0 Å². The number of nitrogens with zero attached hydrogens (tertiary/aromatic N) is 2. The quantitative estimate of drug-likeness (QED) is 0.690. The summed E-state index contributed by atoms with van der Waals surface area (Å²) in [6, 6.07) is 3.46. The highest BCUT2D eigenvalue weighted by atomic mass is 79.9. The van der Waals surface area contributed by atoms with Crippen molar-refractivity contribution in [3.05, 3.63) is 22.4 Å². The van der Waals surface area contributed by atoms with E-state index in [0.29, 0.717) is 16.0 Å². The lowest BCUT2D eigenvalue weighted by Gasteiger charge is -2.21. The van der Waals surface area contributed by atoms with E-state index in [9.17, 15) is 13.6 Å². The molecule has 3 rings (SSSR count). The first-order valence-corrected chi connectivity index (χ1v) is 6.48. The molecule has 96 valence electrons. The number of anilines is 1. The lowest BCUT2D eigenvalue weighted by molar-refractivity contribution is -0.123. The molecule has 0 bridgehead atoms. The summed E-state index contributed by atoms with van der Waals surface area (Å²) in [6.07, 6.45) is -0.514. The number of aromatic nitrogens is 1. The number of amides is 1. The predicted molar refractivity (Wildman–Crippen MR) is 65.8 cm³/mol. The number of fused-ring (bicyclic) bond motifs is 2. The summed E-state index contributed by atoms with van der Waals surface area (Å²) in [6.45, 7) is 0. The van der Waals surface area contributed by atoms with Crippen molar-refractivity contribution in [1.29, 1.82) is 0 Å². The molecule has 3 nitrogen and oxygen atoms in total. The number of pyridine rings is 1. The Bertz CT molecular complexity index is 549. The third kappa shape index (κ3) is 1.44. The van der Waals surface area contributed by atoms with Gasteiger partial charge in [-0.2, -0.15) is 0 Å². The SMILES string of the molecule is CN1C(=O)C2(CCC(F)(F)C2)c2nc(Br)ccc21. The second-order valence-electron chi connectivity index (χ2n) is 4.98. The summed E-state index contributed by atoms with van der Waals surface area (Å²) in [5, 5.41) is 0. The molecule has 6 heteroatoms. The first kappa shape index (κ1) is 12.0. The van der Waals surface area contributed by atoms with Crippen molar-refractivity contribution in [3.8, 4) is 0 Å². The Balaban J connectivity index is 2.18. The molecular formula is C12H11BrF2N2O. The van der Waals surface area contributed by atoms with Crippen molar-refractivity contribution >= 4 is 27.5 Å². The number of rotatable bonds is 0. The Morgan fingerprint density at radius 1 is 1.39 bits per heavy atom. The summed E-state index contributed by atoms with van der Waals surface area (Å²) in [5.41, 5.74) is -0.000347. The van der Waals surface area contributed by atoms with Crippen LogP contribution in [-0.4, -0.2) is 23.9 Å². The van der Waals surface area contributed by atoms with Gasteiger partial charge in [-0.1, -0.05) is 0 Å². The number of carbonyl (C=O) groups is 1. The van der Waals surface area contributed by atoms with Crippen LogP contribution in [-0.2, 0) is 10.2 Å². The molecule has 1 fully saturated rings. The zero-order valence-corrected chi connectivity index (χ0v) is 11.3. The third-order valence-corrected chi connectivity index (χ3v) is 4.29. The fraction of sp³-hybridized carbons (Fsp3) is 0.500. The molecule has 1 aromatic heterocycles. The van der Waals surface area contributed by atoms with Gasteiger partial charge in [-0.3, -0.25) is 4.79 Å². The average molecular weight is 317 g/mol. The third-order valence-electron chi connectivity index (χ3n) is 3.85. The van der Waals surface area contributed by atoms with Crippen molar-refractivity contribution in [3.63, 3.8) is 0 Å². The maximum absolute atomic E-state index is 13.5. The van der Waals surface area contributed by atoms with E-state index in [-0.39, 0.29) is 18.7 Å². The second kappa shape index (κ2) is 3.50. The van der Waals surface area contributed by atoms with E-state index in [1.807, 2.05) is 0 Å². The molecule has 1 atom stereocenters. The zero-order valence-electron chi connectivity index (χ0n) is 9.71. The average Bonchev–Trinajstić information content (AvgIpc) is 2.72. The van der Waals surface area contributed by atoms with Crippen LogP contribution in [0, 0.1) is 0 Å². The summed E-state index contributed by atoms with van der Waals surface area (Å²) in [5.74, 6) is -3.04. The van der Waals surface area contributed by atoms with Gasteiger partial charge >= 0.3 is 0 Å². The highest BCUT2D eigenvalue weighted by molar-refractivity contribution is 9.10. The number of halogens is 3. The molecule has 0 aromatic carbocycles. The van der Waals surface area contributed by atoms with Crippen LogP contribution in [0.3, 0.4) is 0 Å². The maximum Gasteiger partial charge on any atom is 0.249 e. The van der Waals surface area contributed by atoms with Gasteiger partial charge in [-0.05, 0) is 34.5 Å². The van der Waals surface area contributed by atoms with E-state index in [1.54, 1.807) is 19.2 Å². The largest absolute Gasteiger partial charge is 0.313 e. The standard InChI is InChI=1S/C12H11BrF2N2O/c1-17-7-2-3-8(13)16-9(7)11(10(17)18)4-5-12(14,15)6-11/h2-3H,4-6H2,1H3. The van der Waals surface area contributed by atoms with Gasteiger partial charge in [0.1, 0.15) is 4.60 Å². The minimum absolute atomic E-state index is 0.166.